The van der Waals surface area contributed by atoms with Gasteiger partial charge in [-0.05, 0) is 27.7 Å². The Labute approximate surface area is 124 Å². The summed E-state index contributed by atoms with van der Waals surface area (Å²) in [5.41, 5.74) is -0.0156. The second-order valence-corrected chi connectivity index (χ2v) is 5.73. The molecule has 1 heterocycles. The highest BCUT2D eigenvalue weighted by Gasteiger charge is 2.19. The van der Waals surface area contributed by atoms with E-state index in [4.69, 9.17) is 4.74 Å². The molecule has 0 radical (unpaired) electrons. The van der Waals surface area contributed by atoms with Crippen LogP contribution >= 0.6 is 0 Å². The van der Waals surface area contributed by atoms with E-state index < -0.39 is 5.60 Å². The number of nitrogens with zero attached hydrogens (tertiary/aromatic N) is 3. The molecule has 0 fully saturated rings. The molecule has 21 heavy (non-hydrogen) atoms. The maximum Gasteiger partial charge on any atom is 0.410 e. The third-order valence-corrected chi connectivity index (χ3v) is 2.65. The van der Waals surface area contributed by atoms with Crippen molar-refractivity contribution in [2.45, 2.75) is 39.8 Å². The largest absolute Gasteiger partial charge is 0.444 e. The number of aromatic nitrogens is 2. The number of rotatable bonds is 5. The van der Waals surface area contributed by atoms with E-state index in [9.17, 15) is 9.59 Å². The van der Waals surface area contributed by atoms with E-state index in [-0.39, 0.29) is 11.7 Å². The molecule has 1 aromatic rings. The van der Waals surface area contributed by atoms with E-state index >= 15 is 0 Å². The molecule has 1 rings (SSSR count). The van der Waals surface area contributed by atoms with E-state index in [0.717, 1.165) is 0 Å². The number of aryl methyl sites for hydroxylation is 1. The van der Waals surface area contributed by atoms with Crippen molar-refractivity contribution in [3.05, 3.63) is 22.6 Å². The van der Waals surface area contributed by atoms with Gasteiger partial charge >= 0.3 is 6.09 Å². The second-order valence-electron chi connectivity index (χ2n) is 5.73. The first-order valence-corrected chi connectivity index (χ1v) is 6.98. The Morgan fingerprint density at radius 2 is 2.14 bits per heavy atom. The zero-order chi connectivity index (χ0) is 16.0. The minimum absolute atomic E-state index is 0.150. The molecule has 0 aliphatic carbocycles. The predicted octanol–water partition coefficient (Wildman–Crippen LogP) is 1.54. The zero-order valence-corrected chi connectivity index (χ0v) is 13.3. The minimum atomic E-state index is -0.507. The number of ether oxygens (including phenoxy) is 1. The molecule has 0 aliphatic rings. The summed E-state index contributed by atoms with van der Waals surface area (Å²) in [4.78, 5) is 24.8. The van der Waals surface area contributed by atoms with Gasteiger partial charge in [-0.15, -0.1) is 0 Å². The number of nitrogens with one attached hydrogen (secondary N) is 1. The number of likely N-dealkylation sites (N-methyl/N-ethyl adjacent to an activating group) is 1. The number of carbonyl (C=O) groups excluding carboxylic acids is 1. The van der Waals surface area contributed by atoms with Gasteiger partial charge in [-0.3, -0.25) is 4.79 Å². The Morgan fingerprint density at radius 3 is 2.67 bits per heavy atom. The lowest BCUT2D eigenvalue weighted by Crippen LogP contribution is -2.36. The molecular formula is C14H24N4O3. The van der Waals surface area contributed by atoms with Crippen LogP contribution in [0.1, 0.15) is 27.7 Å². The molecule has 7 heteroatoms. The van der Waals surface area contributed by atoms with Crippen molar-refractivity contribution in [2.75, 3.05) is 25.5 Å². The maximum absolute atomic E-state index is 11.7. The van der Waals surface area contributed by atoms with Crippen molar-refractivity contribution >= 4 is 11.8 Å². The molecule has 0 bridgehead atoms. The quantitative estimate of drug-likeness (QED) is 0.892. The predicted molar refractivity (Wildman–Crippen MR) is 81.5 cm³/mol. The molecule has 0 saturated carbocycles. The standard InChI is InChI=1S/C14H24N4O3/c1-6-18-12(19)9-11(10-16-18)15-7-8-17(5)13(20)21-14(2,3)4/h9-10,15H,6-8H2,1-5H3. The molecule has 1 N–H and O–H groups in total. The van der Waals surface area contributed by atoms with Crippen LogP contribution in [-0.4, -0.2) is 46.5 Å². The summed E-state index contributed by atoms with van der Waals surface area (Å²) in [5.74, 6) is 0. The van der Waals surface area contributed by atoms with Gasteiger partial charge in [0.1, 0.15) is 5.60 Å². The van der Waals surface area contributed by atoms with Gasteiger partial charge in [-0.25, -0.2) is 9.48 Å². The summed E-state index contributed by atoms with van der Waals surface area (Å²) in [6.45, 7) is 8.85. The van der Waals surface area contributed by atoms with Gasteiger partial charge < -0.3 is 15.0 Å². The molecule has 1 amide bonds. The highest BCUT2D eigenvalue weighted by Crippen LogP contribution is 2.09. The Hall–Kier alpha value is -2.05. The smallest absolute Gasteiger partial charge is 0.410 e. The van der Waals surface area contributed by atoms with E-state index in [1.54, 1.807) is 13.2 Å². The van der Waals surface area contributed by atoms with E-state index in [1.807, 2.05) is 27.7 Å². The lowest BCUT2D eigenvalue weighted by atomic mass is 10.2. The fourth-order valence-corrected chi connectivity index (χ4v) is 1.57. The number of anilines is 1. The van der Waals surface area contributed by atoms with Gasteiger partial charge in [0.05, 0.1) is 11.9 Å². The fraction of sp³-hybridized carbons (Fsp3) is 0.643. The van der Waals surface area contributed by atoms with Gasteiger partial charge in [-0.1, -0.05) is 0 Å². The molecule has 0 spiro atoms. The summed E-state index contributed by atoms with van der Waals surface area (Å²) in [5, 5.41) is 7.07. The molecule has 118 valence electrons. The molecule has 1 aromatic heterocycles. The monoisotopic (exact) mass is 296 g/mol. The van der Waals surface area contributed by atoms with Crippen LogP contribution in [-0.2, 0) is 11.3 Å². The summed E-state index contributed by atoms with van der Waals surface area (Å²) in [6.07, 6.45) is 1.22. The highest BCUT2D eigenvalue weighted by molar-refractivity contribution is 5.67. The highest BCUT2D eigenvalue weighted by atomic mass is 16.6. The van der Waals surface area contributed by atoms with Crippen LogP contribution in [0.15, 0.2) is 17.1 Å². The van der Waals surface area contributed by atoms with Crippen molar-refractivity contribution in [3.8, 4) is 0 Å². The number of carbonyl (C=O) groups is 1. The maximum atomic E-state index is 11.7. The van der Waals surface area contributed by atoms with E-state index in [2.05, 4.69) is 10.4 Å². The van der Waals surface area contributed by atoms with Crippen LogP contribution in [0.3, 0.4) is 0 Å². The van der Waals surface area contributed by atoms with Crippen LogP contribution in [0.2, 0.25) is 0 Å². The lowest BCUT2D eigenvalue weighted by molar-refractivity contribution is 0.0305. The molecular weight excluding hydrogens is 272 g/mol. The summed E-state index contributed by atoms with van der Waals surface area (Å²) < 4.78 is 6.62. The topological polar surface area (TPSA) is 76.5 Å². The van der Waals surface area contributed by atoms with Crippen molar-refractivity contribution in [1.29, 1.82) is 0 Å². The van der Waals surface area contributed by atoms with Crippen molar-refractivity contribution in [3.63, 3.8) is 0 Å². The lowest BCUT2D eigenvalue weighted by Gasteiger charge is -2.24. The first kappa shape index (κ1) is 17.0. The van der Waals surface area contributed by atoms with Crippen molar-refractivity contribution in [1.82, 2.24) is 14.7 Å². The number of amides is 1. The second kappa shape index (κ2) is 7.10. The molecule has 0 saturated heterocycles. The minimum Gasteiger partial charge on any atom is -0.444 e. The number of hydrogen-bond donors (Lipinski definition) is 1. The first-order chi connectivity index (χ1) is 9.73. The van der Waals surface area contributed by atoms with Crippen LogP contribution in [0.25, 0.3) is 0 Å². The summed E-state index contributed by atoms with van der Waals surface area (Å²) in [7, 11) is 1.67. The van der Waals surface area contributed by atoms with Gasteiger partial charge in [0.25, 0.3) is 5.56 Å². The molecule has 0 aliphatic heterocycles. The van der Waals surface area contributed by atoms with E-state index in [0.29, 0.717) is 25.3 Å². The SMILES string of the molecule is CCn1ncc(NCCN(C)C(=O)OC(C)(C)C)cc1=O. The third kappa shape index (κ3) is 5.85. The molecule has 0 atom stereocenters. The third-order valence-electron chi connectivity index (χ3n) is 2.65. The van der Waals surface area contributed by atoms with Crippen LogP contribution < -0.4 is 10.9 Å². The zero-order valence-electron chi connectivity index (χ0n) is 13.3. The Bertz CT molecular complexity index is 534. The van der Waals surface area contributed by atoms with Crippen LogP contribution in [0.5, 0.6) is 0 Å². The van der Waals surface area contributed by atoms with Crippen molar-refractivity contribution < 1.29 is 9.53 Å². The van der Waals surface area contributed by atoms with Crippen LogP contribution in [0.4, 0.5) is 10.5 Å². The average Bonchev–Trinajstić information content (AvgIpc) is 2.36. The van der Waals surface area contributed by atoms with Gasteiger partial charge in [0.2, 0.25) is 0 Å². The van der Waals surface area contributed by atoms with Gasteiger partial charge in [-0.2, -0.15) is 5.10 Å². The Balaban J connectivity index is 2.44. The fourth-order valence-electron chi connectivity index (χ4n) is 1.57. The van der Waals surface area contributed by atoms with Crippen molar-refractivity contribution in [2.24, 2.45) is 0 Å². The van der Waals surface area contributed by atoms with Gasteiger partial charge in [0.15, 0.2) is 0 Å². The normalized spacial score (nSPS) is 11.1. The van der Waals surface area contributed by atoms with E-state index in [1.165, 1.54) is 15.6 Å². The average molecular weight is 296 g/mol. The Morgan fingerprint density at radius 1 is 1.48 bits per heavy atom. The molecule has 0 aromatic carbocycles. The van der Waals surface area contributed by atoms with Gasteiger partial charge in [0, 0.05) is 32.7 Å². The summed E-state index contributed by atoms with van der Waals surface area (Å²) in [6, 6.07) is 1.49. The van der Waals surface area contributed by atoms with Crippen LogP contribution in [0, 0.1) is 0 Å². The first-order valence-electron chi connectivity index (χ1n) is 6.98. The molecule has 0 unspecified atom stereocenters. The number of hydrogen-bond acceptors (Lipinski definition) is 5. The summed E-state index contributed by atoms with van der Waals surface area (Å²) >= 11 is 0. The molecule has 7 nitrogen and oxygen atoms in total. The Kier molecular flexibility index (Phi) is 5.75.